The van der Waals surface area contributed by atoms with Crippen LogP contribution < -0.4 is 5.32 Å². The Labute approximate surface area is 211 Å². The van der Waals surface area contributed by atoms with Gasteiger partial charge in [-0.2, -0.15) is 0 Å². The van der Waals surface area contributed by atoms with Gasteiger partial charge in [0.1, 0.15) is 6.04 Å². The van der Waals surface area contributed by atoms with Crippen LogP contribution in [0, 0.1) is 6.92 Å². The molecule has 1 fully saturated rings. The molecule has 33 heavy (non-hydrogen) atoms. The first kappa shape index (κ1) is 25.9. The van der Waals surface area contributed by atoms with E-state index in [-0.39, 0.29) is 30.2 Å². The van der Waals surface area contributed by atoms with Gasteiger partial charge in [0.25, 0.3) is 0 Å². The van der Waals surface area contributed by atoms with Gasteiger partial charge in [-0.15, -0.1) is 11.8 Å². The number of carbonyl (C=O) groups excluding carboxylic acids is 2. The SMILES string of the molecule is CC[C@@H](C(=O)NC1CCCC1)N(Cc1c(Cl)cccc1Cl)C(=O)CSCc1cccc(C)c1. The number of rotatable bonds is 10. The molecule has 7 heteroatoms. The van der Waals surface area contributed by atoms with E-state index in [1.54, 1.807) is 34.9 Å². The maximum atomic E-state index is 13.4. The first-order valence-electron chi connectivity index (χ1n) is 11.5. The Bertz CT molecular complexity index is 943. The van der Waals surface area contributed by atoms with Gasteiger partial charge in [0.2, 0.25) is 11.8 Å². The molecule has 1 aliphatic rings. The van der Waals surface area contributed by atoms with Crippen LogP contribution in [0.2, 0.25) is 10.0 Å². The number of halogens is 2. The van der Waals surface area contributed by atoms with Gasteiger partial charge in [-0.3, -0.25) is 9.59 Å². The van der Waals surface area contributed by atoms with Crippen LogP contribution in [0.25, 0.3) is 0 Å². The Morgan fingerprint density at radius 3 is 2.42 bits per heavy atom. The number of benzene rings is 2. The molecule has 1 N–H and O–H groups in total. The number of thioether (sulfide) groups is 1. The molecule has 0 aromatic heterocycles. The molecule has 3 rings (SSSR count). The maximum Gasteiger partial charge on any atom is 0.243 e. The average molecular weight is 508 g/mol. The van der Waals surface area contributed by atoms with E-state index in [9.17, 15) is 9.59 Å². The zero-order valence-electron chi connectivity index (χ0n) is 19.3. The van der Waals surface area contributed by atoms with Gasteiger partial charge in [-0.25, -0.2) is 0 Å². The van der Waals surface area contributed by atoms with Gasteiger partial charge in [0, 0.05) is 33.9 Å². The number of nitrogens with one attached hydrogen (secondary N) is 1. The van der Waals surface area contributed by atoms with Crippen LogP contribution >= 0.6 is 35.0 Å². The number of carbonyl (C=O) groups is 2. The zero-order valence-corrected chi connectivity index (χ0v) is 21.6. The molecular formula is C26H32Cl2N2O2S. The summed E-state index contributed by atoms with van der Waals surface area (Å²) in [6.45, 7) is 4.20. The van der Waals surface area contributed by atoms with Gasteiger partial charge in [-0.1, -0.05) is 78.9 Å². The van der Waals surface area contributed by atoms with Crippen molar-refractivity contribution in [2.24, 2.45) is 0 Å². The lowest BCUT2D eigenvalue weighted by Gasteiger charge is -2.32. The van der Waals surface area contributed by atoms with Crippen LogP contribution in [0.15, 0.2) is 42.5 Å². The second kappa shape index (κ2) is 12.7. The molecule has 2 aromatic carbocycles. The van der Waals surface area contributed by atoms with E-state index >= 15 is 0 Å². The van der Waals surface area contributed by atoms with Gasteiger partial charge >= 0.3 is 0 Å². The Morgan fingerprint density at radius 1 is 1.12 bits per heavy atom. The van der Waals surface area contributed by atoms with E-state index in [1.807, 2.05) is 13.0 Å². The van der Waals surface area contributed by atoms with E-state index in [1.165, 1.54) is 11.1 Å². The fourth-order valence-electron chi connectivity index (χ4n) is 4.28. The van der Waals surface area contributed by atoms with Crippen molar-refractivity contribution in [3.8, 4) is 0 Å². The highest BCUT2D eigenvalue weighted by molar-refractivity contribution is 7.99. The van der Waals surface area contributed by atoms with E-state index < -0.39 is 6.04 Å². The molecule has 0 unspecified atom stereocenters. The minimum atomic E-state index is -0.565. The second-order valence-electron chi connectivity index (χ2n) is 8.62. The normalized spacial score (nSPS) is 14.8. The molecule has 0 spiro atoms. The molecule has 4 nitrogen and oxygen atoms in total. The van der Waals surface area contributed by atoms with Crippen LogP contribution in [0.3, 0.4) is 0 Å². The van der Waals surface area contributed by atoms with Crippen molar-refractivity contribution in [2.45, 2.75) is 70.3 Å². The second-order valence-corrected chi connectivity index (χ2v) is 10.4. The average Bonchev–Trinajstić information content (AvgIpc) is 3.28. The van der Waals surface area contributed by atoms with Crippen molar-refractivity contribution in [2.75, 3.05) is 5.75 Å². The molecule has 1 saturated carbocycles. The summed E-state index contributed by atoms with van der Waals surface area (Å²) < 4.78 is 0. The number of nitrogens with zero attached hydrogens (tertiary/aromatic N) is 1. The molecule has 0 aliphatic heterocycles. The van der Waals surface area contributed by atoms with Crippen LogP contribution in [-0.2, 0) is 21.9 Å². The van der Waals surface area contributed by atoms with Crippen LogP contribution in [0.4, 0.5) is 0 Å². The summed E-state index contributed by atoms with van der Waals surface area (Å²) in [5.74, 6) is 0.837. The summed E-state index contributed by atoms with van der Waals surface area (Å²) in [6, 6.07) is 13.2. The van der Waals surface area contributed by atoms with Gasteiger partial charge in [-0.05, 0) is 43.9 Å². The smallest absolute Gasteiger partial charge is 0.243 e. The molecule has 2 amide bonds. The number of hydrogen-bond donors (Lipinski definition) is 1. The van der Waals surface area contributed by atoms with Gasteiger partial charge < -0.3 is 10.2 Å². The summed E-state index contributed by atoms with van der Waals surface area (Å²) in [6.07, 6.45) is 4.79. The summed E-state index contributed by atoms with van der Waals surface area (Å²) in [5.41, 5.74) is 3.05. The van der Waals surface area contributed by atoms with E-state index in [4.69, 9.17) is 23.2 Å². The predicted molar refractivity (Wildman–Crippen MR) is 139 cm³/mol. The number of hydrogen-bond acceptors (Lipinski definition) is 3. The van der Waals surface area contributed by atoms with Crippen molar-refractivity contribution >= 4 is 46.8 Å². The van der Waals surface area contributed by atoms with Gasteiger partial charge in [0.15, 0.2) is 0 Å². The molecule has 1 atom stereocenters. The predicted octanol–water partition coefficient (Wildman–Crippen LogP) is 6.40. The third-order valence-electron chi connectivity index (χ3n) is 6.05. The van der Waals surface area contributed by atoms with Crippen molar-refractivity contribution in [1.82, 2.24) is 10.2 Å². The summed E-state index contributed by atoms with van der Waals surface area (Å²) in [4.78, 5) is 28.3. The maximum absolute atomic E-state index is 13.4. The van der Waals surface area contributed by atoms with Crippen LogP contribution in [0.5, 0.6) is 0 Å². The molecular weight excluding hydrogens is 475 g/mol. The summed E-state index contributed by atoms with van der Waals surface area (Å²) in [7, 11) is 0. The third kappa shape index (κ3) is 7.40. The molecule has 0 radical (unpaired) electrons. The molecule has 0 heterocycles. The standard InChI is InChI=1S/C26H32Cl2N2O2S/c1-3-24(26(32)29-20-10-4-5-11-20)30(15-21-22(27)12-7-13-23(21)28)25(31)17-33-16-19-9-6-8-18(2)14-19/h6-9,12-14,20,24H,3-5,10-11,15-17H2,1-2H3,(H,29,32)/t24-/m0/s1. The minimum Gasteiger partial charge on any atom is -0.352 e. The largest absolute Gasteiger partial charge is 0.352 e. The monoisotopic (exact) mass is 506 g/mol. The summed E-state index contributed by atoms with van der Waals surface area (Å²) >= 11 is 14.4. The lowest BCUT2D eigenvalue weighted by atomic mass is 10.1. The highest BCUT2D eigenvalue weighted by Crippen LogP contribution is 2.28. The fraction of sp³-hybridized carbons (Fsp3) is 0.462. The number of aryl methyl sites for hydroxylation is 1. The molecule has 2 aromatic rings. The quantitative estimate of drug-likeness (QED) is 0.405. The van der Waals surface area contributed by atoms with E-state index in [0.29, 0.717) is 22.0 Å². The van der Waals surface area contributed by atoms with E-state index in [2.05, 4.69) is 30.4 Å². The highest BCUT2D eigenvalue weighted by atomic mass is 35.5. The Hall–Kier alpha value is -1.69. The first-order valence-corrected chi connectivity index (χ1v) is 13.5. The lowest BCUT2D eigenvalue weighted by Crippen LogP contribution is -2.51. The Morgan fingerprint density at radius 2 is 1.79 bits per heavy atom. The van der Waals surface area contributed by atoms with E-state index in [0.717, 1.165) is 31.4 Å². The highest BCUT2D eigenvalue weighted by Gasteiger charge is 2.31. The summed E-state index contributed by atoms with van der Waals surface area (Å²) in [5, 5.41) is 4.16. The van der Waals surface area contributed by atoms with Crippen molar-refractivity contribution in [1.29, 1.82) is 0 Å². The molecule has 178 valence electrons. The third-order valence-corrected chi connectivity index (χ3v) is 7.75. The van der Waals surface area contributed by atoms with Crippen molar-refractivity contribution in [3.63, 3.8) is 0 Å². The Kier molecular flexibility index (Phi) is 9.96. The zero-order chi connectivity index (χ0) is 23.8. The lowest BCUT2D eigenvalue weighted by molar-refractivity contribution is -0.139. The molecule has 1 aliphatic carbocycles. The van der Waals surface area contributed by atoms with Crippen LogP contribution in [-0.4, -0.2) is 34.6 Å². The fourth-order valence-corrected chi connectivity index (χ4v) is 5.66. The topological polar surface area (TPSA) is 49.4 Å². The molecule has 0 saturated heterocycles. The molecule has 0 bridgehead atoms. The van der Waals surface area contributed by atoms with Crippen molar-refractivity contribution in [3.05, 3.63) is 69.2 Å². The minimum absolute atomic E-state index is 0.0861. The van der Waals surface area contributed by atoms with Crippen molar-refractivity contribution < 1.29 is 9.59 Å². The van der Waals surface area contributed by atoms with Gasteiger partial charge in [0.05, 0.1) is 5.75 Å². The first-order chi connectivity index (χ1) is 15.9. The van der Waals surface area contributed by atoms with Crippen LogP contribution in [0.1, 0.15) is 55.7 Å². The number of amides is 2. The Balaban J connectivity index is 1.75.